The van der Waals surface area contributed by atoms with Gasteiger partial charge in [-0.3, -0.25) is 0 Å². The summed E-state index contributed by atoms with van der Waals surface area (Å²) >= 11 is 0. The van der Waals surface area contributed by atoms with Crippen LogP contribution in [0.1, 0.15) is 0 Å². The summed E-state index contributed by atoms with van der Waals surface area (Å²) in [6.45, 7) is 4.05. The number of benzene rings is 1. The molecule has 1 fully saturated rings. The molecule has 0 aliphatic carbocycles. The quantitative estimate of drug-likeness (QED) is 0.861. The second-order valence-corrected chi connectivity index (χ2v) is 5.26. The maximum atomic E-state index is 5.19. The summed E-state index contributed by atoms with van der Waals surface area (Å²) in [6, 6.07) is 9.89. The van der Waals surface area contributed by atoms with Crippen LogP contribution in [0.2, 0.25) is 0 Å². The van der Waals surface area contributed by atoms with Crippen molar-refractivity contribution in [2.75, 3.05) is 45.2 Å². The van der Waals surface area contributed by atoms with E-state index in [1.807, 2.05) is 36.5 Å². The van der Waals surface area contributed by atoms with E-state index < -0.39 is 0 Å². The Hall–Kier alpha value is -2.14. The molecule has 1 aromatic heterocycles. The number of methoxy groups -OCH3 is 1. The predicted octanol–water partition coefficient (Wildman–Crippen LogP) is 1.90. The van der Waals surface area contributed by atoms with E-state index in [4.69, 9.17) is 9.72 Å². The molecule has 2 aromatic rings. The van der Waals surface area contributed by atoms with E-state index in [0.717, 1.165) is 49.1 Å². The summed E-state index contributed by atoms with van der Waals surface area (Å²) in [5, 5.41) is 0. The van der Waals surface area contributed by atoms with Gasteiger partial charge in [-0.25, -0.2) is 9.97 Å². The Morgan fingerprint density at radius 2 is 1.71 bits per heavy atom. The Kier molecular flexibility index (Phi) is 4.01. The fourth-order valence-corrected chi connectivity index (χ4v) is 2.43. The number of hydrogen-bond acceptors (Lipinski definition) is 5. The Bertz CT molecular complexity index is 591. The summed E-state index contributed by atoms with van der Waals surface area (Å²) in [5.41, 5.74) is 2.02. The smallest absolute Gasteiger partial charge is 0.225 e. The molecule has 0 saturated carbocycles. The molecule has 21 heavy (non-hydrogen) atoms. The first-order chi connectivity index (χ1) is 10.3. The lowest BCUT2D eigenvalue weighted by atomic mass is 10.1. The van der Waals surface area contributed by atoms with Gasteiger partial charge in [0.05, 0.1) is 12.8 Å². The SMILES string of the molecule is COc1ccc(-c2ccnc(N3CCN(C)CC3)n2)cc1. The average Bonchev–Trinajstić information content (AvgIpc) is 2.56. The molecule has 1 aromatic carbocycles. The molecule has 2 heterocycles. The van der Waals surface area contributed by atoms with E-state index in [2.05, 4.69) is 21.8 Å². The van der Waals surface area contributed by atoms with Crippen molar-refractivity contribution in [3.63, 3.8) is 0 Å². The van der Waals surface area contributed by atoms with Gasteiger partial charge in [-0.1, -0.05) is 0 Å². The normalized spacial score (nSPS) is 16.0. The lowest BCUT2D eigenvalue weighted by Gasteiger charge is -2.32. The number of anilines is 1. The third-order valence-corrected chi connectivity index (χ3v) is 3.81. The van der Waals surface area contributed by atoms with Gasteiger partial charge in [-0.05, 0) is 37.4 Å². The Balaban J connectivity index is 1.82. The third-order valence-electron chi connectivity index (χ3n) is 3.81. The van der Waals surface area contributed by atoms with E-state index in [1.165, 1.54) is 0 Å². The van der Waals surface area contributed by atoms with E-state index in [9.17, 15) is 0 Å². The van der Waals surface area contributed by atoms with Gasteiger partial charge in [0.1, 0.15) is 5.75 Å². The van der Waals surface area contributed by atoms with Crippen LogP contribution in [-0.4, -0.2) is 55.2 Å². The van der Waals surface area contributed by atoms with Crippen molar-refractivity contribution in [2.45, 2.75) is 0 Å². The van der Waals surface area contributed by atoms with Gasteiger partial charge in [-0.15, -0.1) is 0 Å². The zero-order valence-corrected chi connectivity index (χ0v) is 12.5. The van der Waals surface area contributed by atoms with E-state index in [1.54, 1.807) is 7.11 Å². The van der Waals surface area contributed by atoms with E-state index in [-0.39, 0.29) is 0 Å². The first-order valence-corrected chi connectivity index (χ1v) is 7.17. The summed E-state index contributed by atoms with van der Waals surface area (Å²) in [4.78, 5) is 13.7. The lowest BCUT2D eigenvalue weighted by Crippen LogP contribution is -2.45. The molecular formula is C16H20N4O. The van der Waals surface area contributed by atoms with Crippen LogP contribution in [-0.2, 0) is 0 Å². The maximum absolute atomic E-state index is 5.19. The van der Waals surface area contributed by atoms with Gasteiger partial charge < -0.3 is 14.5 Å². The van der Waals surface area contributed by atoms with Crippen molar-refractivity contribution in [2.24, 2.45) is 0 Å². The second-order valence-electron chi connectivity index (χ2n) is 5.26. The van der Waals surface area contributed by atoms with Crippen LogP contribution in [0, 0.1) is 0 Å². The maximum Gasteiger partial charge on any atom is 0.225 e. The molecule has 0 unspecified atom stereocenters. The molecule has 0 amide bonds. The molecule has 0 spiro atoms. The summed E-state index contributed by atoms with van der Waals surface area (Å²) in [5.74, 6) is 1.67. The minimum atomic E-state index is 0.816. The van der Waals surface area contributed by atoms with Crippen LogP contribution >= 0.6 is 0 Å². The van der Waals surface area contributed by atoms with Crippen LogP contribution in [0.15, 0.2) is 36.5 Å². The largest absolute Gasteiger partial charge is 0.497 e. The Morgan fingerprint density at radius 3 is 2.38 bits per heavy atom. The first-order valence-electron chi connectivity index (χ1n) is 7.17. The predicted molar refractivity (Wildman–Crippen MR) is 83.7 cm³/mol. The Morgan fingerprint density at radius 1 is 1.00 bits per heavy atom. The fraction of sp³-hybridized carbons (Fsp3) is 0.375. The topological polar surface area (TPSA) is 41.5 Å². The molecule has 0 radical (unpaired) electrons. The molecule has 0 atom stereocenters. The molecule has 0 N–H and O–H groups in total. The Labute approximate surface area is 125 Å². The lowest BCUT2D eigenvalue weighted by molar-refractivity contribution is 0.311. The summed E-state index contributed by atoms with van der Waals surface area (Å²) in [6.07, 6.45) is 1.83. The molecule has 5 heteroatoms. The zero-order valence-electron chi connectivity index (χ0n) is 12.5. The number of ether oxygens (including phenoxy) is 1. The van der Waals surface area contributed by atoms with Crippen molar-refractivity contribution >= 4 is 5.95 Å². The zero-order chi connectivity index (χ0) is 14.7. The number of aromatic nitrogens is 2. The van der Waals surface area contributed by atoms with Crippen molar-refractivity contribution in [1.29, 1.82) is 0 Å². The van der Waals surface area contributed by atoms with Gasteiger partial charge in [-0.2, -0.15) is 0 Å². The number of piperazine rings is 1. The van der Waals surface area contributed by atoms with Crippen molar-refractivity contribution in [3.8, 4) is 17.0 Å². The molecule has 3 rings (SSSR count). The van der Waals surface area contributed by atoms with Crippen molar-refractivity contribution in [3.05, 3.63) is 36.5 Å². The van der Waals surface area contributed by atoms with E-state index >= 15 is 0 Å². The van der Waals surface area contributed by atoms with Crippen LogP contribution < -0.4 is 9.64 Å². The molecule has 1 saturated heterocycles. The minimum Gasteiger partial charge on any atom is -0.497 e. The molecular weight excluding hydrogens is 264 g/mol. The first kappa shape index (κ1) is 13.8. The number of rotatable bonds is 3. The molecule has 5 nitrogen and oxygen atoms in total. The van der Waals surface area contributed by atoms with Gasteiger partial charge in [0.2, 0.25) is 5.95 Å². The third kappa shape index (κ3) is 3.13. The molecule has 1 aliphatic rings. The highest BCUT2D eigenvalue weighted by molar-refractivity contribution is 5.61. The highest BCUT2D eigenvalue weighted by Gasteiger charge is 2.16. The number of nitrogens with zero attached hydrogens (tertiary/aromatic N) is 4. The fourth-order valence-electron chi connectivity index (χ4n) is 2.43. The minimum absolute atomic E-state index is 0.816. The molecule has 0 bridgehead atoms. The number of hydrogen-bond donors (Lipinski definition) is 0. The van der Waals surface area contributed by atoms with Gasteiger partial charge in [0, 0.05) is 37.9 Å². The molecule has 110 valence electrons. The molecule has 1 aliphatic heterocycles. The highest BCUT2D eigenvalue weighted by atomic mass is 16.5. The van der Waals surface area contributed by atoms with Crippen LogP contribution in [0.3, 0.4) is 0 Å². The van der Waals surface area contributed by atoms with Crippen LogP contribution in [0.25, 0.3) is 11.3 Å². The van der Waals surface area contributed by atoms with Crippen molar-refractivity contribution in [1.82, 2.24) is 14.9 Å². The number of likely N-dealkylation sites (N-methyl/N-ethyl adjacent to an activating group) is 1. The van der Waals surface area contributed by atoms with E-state index in [0.29, 0.717) is 0 Å². The van der Waals surface area contributed by atoms with Gasteiger partial charge in [0.25, 0.3) is 0 Å². The second kappa shape index (κ2) is 6.10. The van der Waals surface area contributed by atoms with Crippen LogP contribution in [0.5, 0.6) is 5.75 Å². The monoisotopic (exact) mass is 284 g/mol. The summed E-state index contributed by atoms with van der Waals surface area (Å²) in [7, 11) is 3.82. The average molecular weight is 284 g/mol. The van der Waals surface area contributed by atoms with Gasteiger partial charge >= 0.3 is 0 Å². The highest BCUT2D eigenvalue weighted by Crippen LogP contribution is 2.22. The van der Waals surface area contributed by atoms with Crippen LogP contribution in [0.4, 0.5) is 5.95 Å². The van der Waals surface area contributed by atoms with Gasteiger partial charge in [0.15, 0.2) is 0 Å². The standard InChI is InChI=1S/C16H20N4O/c1-19-9-11-20(12-10-19)16-17-8-7-15(18-16)13-3-5-14(21-2)6-4-13/h3-8H,9-12H2,1-2H3. The summed E-state index contributed by atoms with van der Waals surface area (Å²) < 4.78 is 5.19. The van der Waals surface area contributed by atoms with Crippen molar-refractivity contribution < 1.29 is 4.74 Å².